The van der Waals surface area contributed by atoms with E-state index < -0.39 is 21.6 Å². The normalized spacial score (nSPS) is 11.5. The van der Waals surface area contributed by atoms with Gasteiger partial charge in [-0.25, -0.2) is 9.07 Å². The Morgan fingerprint density at radius 1 is 1.47 bits per heavy atom. The molecule has 2 rings (SSSR count). The maximum absolute atomic E-state index is 13.1. The second-order valence-electron chi connectivity index (χ2n) is 3.58. The first-order chi connectivity index (χ1) is 8.81. The van der Waals surface area contributed by atoms with Gasteiger partial charge in [0.2, 0.25) is 5.03 Å². The standard InChI is InChI=1S/C9H8BrFN4O3S/c1-15-9(8(10)12-14-15)19(17,18)13-5-2-3-7(16)6(11)4-5/h2-4,13,16H,1H3. The number of phenols is 1. The molecule has 1 heterocycles. The Morgan fingerprint density at radius 3 is 2.68 bits per heavy atom. The summed E-state index contributed by atoms with van der Waals surface area (Å²) in [7, 11) is -2.56. The molecule has 0 bridgehead atoms. The lowest BCUT2D eigenvalue weighted by atomic mass is 10.3. The first-order valence-electron chi connectivity index (χ1n) is 4.88. The van der Waals surface area contributed by atoms with E-state index in [1.807, 2.05) is 0 Å². The lowest BCUT2D eigenvalue weighted by molar-refractivity contribution is 0.432. The molecular formula is C9H8BrFN4O3S. The molecule has 1 aromatic carbocycles. The van der Waals surface area contributed by atoms with Crippen LogP contribution >= 0.6 is 15.9 Å². The van der Waals surface area contributed by atoms with E-state index in [1.165, 1.54) is 13.1 Å². The lowest BCUT2D eigenvalue weighted by Crippen LogP contribution is -2.17. The third-order valence-electron chi connectivity index (χ3n) is 2.19. The molecule has 7 nitrogen and oxygen atoms in total. The number of aryl methyl sites for hydroxylation is 1. The van der Waals surface area contributed by atoms with Crippen molar-refractivity contribution in [2.24, 2.45) is 7.05 Å². The zero-order chi connectivity index (χ0) is 14.2. The number of sulfonamides is 1. The van der Waals surface area contributed by atoms with Crippen LogP contribution in [0.15, 0.2) is 27.8 Å². The van der Waals surface area contributed by atoms with Crippen molar-refractivity contribution in [1.29, 1.82) is 0 Å². The number of hydrogen-bond acceptors (Lipinski definition) is 5. The van der Waals surface area contributed by atoms with Crippen LogP contribution in [0.3, 0.4) is 0 Å². The van der Waals surface area contributed by atoms with Crippen molar-refractivity contribution in [1.82, 2.24) is 15.0 Å². The number of nitrogens with zero attached hydrogens (tertiary/aromatic N) is 3. The molecule has 2 N–H and O–H groups in total. The Morgan fingerprint density at radius 2 is 2.16 bits per heavy atom. The van der Waals surface area contributed by atoms with Gasteiger partial charge in [0.1, 0.15) is 0 Å². The minimum atomic E-state index is -3.97. The molecule has 0 radical (unpaired) electrons. The Bertz CT molecular complexity index is 712. The fourth-order valence-electron chi connectivity index (χ4n) is 1.38. The number of rotatable bonds is 3. The van der Waals surface area contributed by atoms with E-state index in [4.69, 9.17) is 5.11 Å². The SMILES string of the molecule is Cn1nnc(Br)c1S(=O)(=O)Nc1ccc(O)c(F)c1. The molecule has 102 valence electrons. The second kappa shape index (κ2) is 4.78. The van der Waals surface area contributed by atoms with Crippen molar-refractivity contribution in [3.05, 3.63) is 28.6 Å². The topological polar surface area (TPSA) is 97.1 Å². The summed E-state index contributed by atoms with van der Waals surface area (Å²) in [6.07, 6.45) is 0. The number of benzene rings is 1. The van der Waals surface area contributed by atoms with Gasteiger partial charge in [-0.1, -0.05) is 5.21 Å². The van der Waals surface area contributed by atoms with Crippen LogP contribution in [0.5, 0.6) is 5.75 Å². The number of anilines is 1. The van der Waals surface area contributed by atoms with Crippen molar-refractivity contribution in [3.8, 4) is 5.75 Å². The van der Waals surface area contributed by atoms with Gasteiger partial charge in [0.25, 0.3) is 10.0 Å². The summed E-state index contributed by atoms with van der Waals surface area (Å²) in [6.45, 7) is 0. The van der Waals surface area contributed by atoms with Crippen LogP contribution in [0.4, 0.5) is 10.1 Å². The van der Waals surface area contributed by atoms with Gasteiger partial charge in [-0.3, -0.25) is 4.72 Å². The molecule has 0 spiro atoms. The highest BCUT2D eigenvalue weighted by molar-refractivity contribution is 9.10. The number of aromatic nitrogens is 3. The van der Waals surface area contributed by atoms with Crippen LogP contribution in [0, 0.1) is 5.82 Å². The Balaban J connectivity index is 2.39. The van der Waals surface area contributed by atoms with Gasteiger partial charge in [-0.15, -0.1) is 5.10 Å². The summed E-state index contributed by atoms with van der Waals surface area (Å²) < 4.78 is 40.5. The summed E-state index contributed by atoms with van der Waals surface area (Å²) in [4.78, 5) is 0. The predicted molar refractivity (Wildman–Crippen MR) is 67.6 cm³/mol. The minimum Gasteiger partial charge on any atom is -0.505 e. The fraction of sp³-hybridized carbons (Fsp3) is 0.111. The smallest absolute Gasteiger partial charge is 0.281 e. The minimum absolute atomic E-state index is 0.0246. The van der Waals surface area contributed by atoms with E-state index in [0.29, 0.717) is 0 Å². The van der Waals surface area contributed by atoms with Crippen LogP contribution in [-0.4, -0.2) is 28.5 Å². The second-order valence-corrected chi connectivity index (χ2v) is 5.93. The molecule has 1 aromatic heterocycles. The Hall–Kier alpha value is -1.68. The molecule has 0 aliphatic carbocycles. The molecule has 0 saturated carbocycles. The number of nitrogens with one attached hydrogen (secondary N) is 1. The van der Waals surface area contributed by atoms with Gasteiger partial charge >= 0.3 is 0 Å². The largest absolute Gasteiger partial charge is 0.505 e. The van der Waals surface area contributed by atoms with Crippen molar-refractivity contribution in [2.45, 2.75) is 5.03 Å². The van der Waals surface area contributed by atoms with Crippen molar-refractivity contribution in [3.63, 3.8) is 0 Å². The average Bonchev–Trinajstić information content (AvgIpc) is 2.64. The molecule has 0 aliphatic heterocycles. The summed E-state index contributed by atoms with van der Waals surface area (Å²) in [6, 6.07) is 3.14. The van der Waals surface area contributed by atoms with Gasteiger partial charge in [0.05, 0.1) is 5.69 Å². The Kier molecular flexibility index (Phi) is 3.45. The molecule has 0 amide bonds. The van der Waals surface area contributed by atoms with Crippen LogP contribution in [0.25, 0.3) is 0 Å². The zero-order valence-corrected chi connectivity index (χ0v) is 11.9. The van der Waals surface area contributed by atoms with E-state index in [-0.39, 0.29) is 15.3 Å². The third-order valence-corrected chi connectivity index (χ3v) is 4.46. The molecule has 0 fully saturated rings. The fourth-order valence-corrected chi connectivity index (χ4v) is 3.53. The van der Waals surface area contributed by atoms with Gasteiger partial charge < -0.3 is 5.11 Å². The predicted octanol–water partition coefficient (Wildman–Crippen LogP) is 1.22. The summed E-state index contributed by atoms with van der Waals surface area (Å²) in [5, 5.41) is 15.9. The molecule has 0 unspecified atom stereocenters. The first-order valence-corrected chi connectivity index (χ1v) is 7.15. The van der Waals surface area contributed by atoms with Crippen LogP contribution in [0.1, 0.15) is 0 Å². The molecule has 0 atom stereocenters. The number of aromatic hydroxyl groups is 1. The van der Waals surface area contributed by atoms with Crippen LogP contribution < -0.4 is 4.72 Å². The van der Waals surface area contributed by atoms with E-state index in [9.17, 15) is 12.8 Å². The van der Waals surface area contributed by atoms with E-state index >= 15 is 0 Å². The summed E-state index contributed by atoms with van der Waals surface area (Å²) >= 11 is 2.96. The van der Waals surface area contributed by atoms with E-state index in [0.717, 1.165) is 16.8 Å². The Labute approximate surface area is 116 Å². The number of hydrogen-bond donors (Lipinski definition) is 2. The van der Waals surface area contributed by atoms with E-state index in [1.54, 1.807) is 0 Å². The quantitative estimate of drug-likeness (QED) is 0.811. The van der Waals surface area contributed by atoms with Crippen LogP contribution in [-0.2, 0) is 17.1 Å². The zero-order valence-electron chi connectivity index (χ0n) is 9.50. The van der Waals surface area contributed by atoms with Crippen molar-refractivity contribution < 1.29 is 17.9 Å². The molecule has 0 saturated heterocycles. The van der Waals surface area contributed by atoms with Gasteiger partial charge in [-0.2, -0.15) is 8.42 Å². The van der Waals surface area contributed by atoms with Gasteiger partial charge in [-0.05, 0) is 28.1 Å². The highest BCUT2D eigenvalue weighted by atomic mass is 79.9. The third kappa shape index (κ3) is 2.68. The summed E-state index contributed by atoms with van der Waals surface area (Å²) in [5.74, 6) is -1.49. The molecular weight excluding hydrogens is 343 g/mol. The molecule has 19 heavy (non-hydrogen) atoms. The number of halogens is 2. The maximum atomic E-state index is 13.1. The van der Waals surface area contributed by atoms with Gasteiger partial charge in [0, 0.05) is 13.1 Å². The van der Waals surface area contributed by atoms with E-state index in [2.05, 4.69) is 31.0 Å². The van der Waals surface area contributed by atoms with Crippen molar-refractivity contribution >= 4 is 31.6 Å². The van der Waals surface area contributed by atoms with Crippen LogP contribution in [0.2, 0.25) is 0 Å². The highest BCUT2D eigenvalue weighted by Gasteiger charge is 2.24. The monoisotopic (exact) mass is 350 g/mol. The maximum Gasteiger partial charge on any atom is 0.281 e. The number of phenolic OH excluding ortho intramolecular Hbond substituents is 1. The molecule has 10 heteroatoms. The average molecular weight is 351 g/mol. The lowest BCUT2D eigenvalue weighted by Gasteiger charge is -2.08. The first kappa shape index (κ1) is 13.7. The summed E-state index contributed by atoms with van der Waals surface area (Å²) in [5.41, 5.74) is -0.0246. The molecule has 2 aromatic rings. The molecule has 0 aliphatic rings. The highest BCUT2D eigenvalue weighted by Crippen LogP contribution is 2.24. The van der Waals surface area contributed by atoms with Crippen molar-refractivity contribution in [2.75, 3.05) is 4.72 Å². The van der Waals surface area contributed by atoms with Gasteiger partial charge in [0.15, 0.2) is 16.2 Å².